The van der Waals surface area contributed by atoms with Gasteiger partial charge in [-0.15, -0.1) is 0 Å². The Bertz CT molecular complexity index is 1060. The van der Waals surface area contributed by atoms with Crippen molar-refractivity contribution in [3.05, 3.63) is 83.9 Å². The Balaban J connectivity index is 1.89. The molecule has 0 fully saturated rings. The first-order chi connectivity index (χ1) is 12.8. The van der Waals surface area contributed by atoms with Gasteiger partial charge in [-0.2, -0.15) is 0 Å². The van der Waals surface area contributed by atoms with Crippen molar-refractivity contribution in [2.24, 2.45) is 0 Å². The number of sulfonamides is 2. The lowest BCUT2D eigenvalue weighted by Crippen LogP contribution is -2.15. The maximum atomic E-state index is 12.4. The molecule has 0 atom stereocenters. The Morgan fingerprint density at radius 2 is 0.963 bits per heavy atom. The molecule has 27 heavy (non-hydrogen) atoms. The summed E-state index contributed by atoms with van der Waals surface area (Å²) in [5.74, 6) is 0. The van der Waals surface area contributed by atoms with E-state index in [1.807, 2.05) is 0 Å². The molecule has 3 aromatic rings. The van der Waals surface area contributed by atoms with E-state index in [2.05, 4.69) is 9.44 Å². The molecule has 9 heteroatoms. The predicted octanol–water partition coefficient (Wildman–Crippen LogP) is 3.94. The average molecular weight is 423 g/mol. The fraction of sp³-hybridized carbons (Fsp3) is 0. The molecule has 0 aliphatic heterocycles. The monoisotopic (exact) mass is 422 g/mol. The van der Waals surface area contributed by atoms with E-state index >= 15 is 0 Å². The lowest BCUT2D eigenvalue weighted by molar-refractivity contribution is 0.599. The summed E-state index contributed by atoms with van der Waals surface area (Å²) in [6, 6.07) is 19.8. The van der Waals surface area contributed by atoms with E-state index in [-0.39, 0.29) is 26.2 Å². The SMILES string of the molecule is O=S(=O)(Nc1cc(Cl)cc(NS(=O)(=O)c2ccccc2)c1)c1ccccc1. The summed E-state index contributed by atoms with van der Waals surface area (Å²) in [7, 11) is -7.66. The molecule has 6 nitrogen and oxygen atoms in total. The van der Waals surface area contributed by atoms with Gasteiger partial charge in [-0.1, -0.05) is 48.0 Å². The summed E-state index contributed by atoms with van der Waals surface area (Å²) < 4.78 is 54.5. The molecular weight excluding hydrogens is 408 g/mol. The van der Waals surface area contributed by atoms with Gasteiger partial charge in [0.2, 0.25) is 0 Å². The molecule has 0 aromatic heterocycles. The fourth-order valence-electron chi connectivity index (χ4n) is 2.33. The summed E-state index contributed by atoms with van der Waals surface area (Å²) in [4.78, 5) is 0.160. The third-order valence-electron chi connectivity index (χ3n) is 3.51. The van der Waals surface area contributed by atoms with Crippen molar-refractivity contribution < 1.29 is 16.8 Å². The highest BCUT2D eigenvalue weighted by atomic mass is 35.5. The second-order valence-electron chi connectivity index (χ2n) is 5.57. The van der Waals surface area contributed by atoms with Crippen LogP contribution in [0.3, 0.4) is 0 Å². The van der Waals surface area contributed by atoms with Crippen molar-refractivity contribution >= 4 is 43.0 Å². The van der Waals surface area contributed by atoms with Gasteiger partial charge in [0.25, 0.3) is 20.0 Å². The molecule has 0 aliphatic rings. The Morgan fingerprint density at radius 3 is 1.33 bits per heavy atom. The minimum Gasteiger partial charge on any atom is -0.280 e. The van der Waals surface area contributed by atoms with Crippen LogP contribution in [0.25, 0.3) is 0 Å². The van der Waals surface area contributed by atoms with Crippen LogP contribution in [-0.2, 0) is 20.0 Å². The number of rotatable bonds is 6. The fourth-order valence-corrected chi connectivity index (χ4v) is 4.69. The molecule has 0 amide bonds. The number of hydrogen-bond acceptors (Lipinski definition) is 4. The highest BCUT2D eigenvalue weighted by Crippen LogP contribution is 2.26. The van der Waals surface area contributed by atoms with Crippen molar-refractivity contribution in [2.45, 2.75) is 9.79 Å². The molecule has 2 N–H and O–H groups in total. The molecule has 3 rings (SSSR count). The molecule has 0 saturated heterocycles. The standard InChI is InChI=1S/C18H15ClN2O4S2/c19-14-11-15(20-26(22,23)17-7-3-1-4-8-17)13-16(12-14)21-27(24,25)18-9-5-2-6-10-18/h1-13,20-21H. The number of halogens is 1. The van der Waals surface area contributed by atoms with Gasteiger partial charge in [-0.3, -0.25) is 9.44 Å². The highest BCUT2D eigenvalue weighted by Gasteiger charge is 2.17. The number of benzene rings is 3. The van der Waals surface area contributed by atoms with Gasteiger partial charge in [-0.05, 0) is 42.5 Å². The van der Waals surface area contributed by atoms with E-state index in [1.54, 1.807) is 36.4 Å². The third kappa shape index (κ3) is 4.79. The number of nitrogens with one attached hydrogen (secondary N) is 2. The molecule has 140 valence electrons. The van der Waals surface area contributed by atoms with Gasteiger partial charge in [0.15, 0.2) is 0 Å². The second kappa shape index (κ2) is 7.59. The summed E-state index contributed by atoms with van der Waals surface area (Å²) in [5.41, 5.74) is 0.272. The van der Waals surface area contributed by atoms with Crippen LogP contribution in [0.15, 0.2) is 88.7 Å². The smallest absolute Gasteiger partial charge is 0.261 e. The van der Waals surface area contributed by atoms with Crippen molar-refractivity contribution in [3.63, 3.8) is 0 Å². The lowest BCUT2D eigenvalue weighted by atomic mass is 10.3. The van der Waals surface area contributed by atoms with Gasteiger partial charge >= 0.3 is 0 Å². The first-order valence-electron chi connectivity index (χ1n) is 7.73. The molecule has 0 heterocycles. The van der Waals surface area contributed by atoms with Crippen molar-refractivity contribution in [3.8, 4) is 0 Å². The van der Waals surface area contributed by atoms with E-state index in [1.165, 1.54) is 42.5 Å². The predicted molar refractivity (Wildman–Crippen MR) is 106 cm³/mol. The van der Waals surface area contributed by atoms with E-state index in [0.29, 0.717) is 0 Å². The number of hydrogen-bond donors (Lipinski definition) is 2. The van der Waals surface area contributed by atoms with Crippen molar-refractivity contribution in [1.29, 1.82) is 0 Å². The quantitative estimate of drug-likeness (QED) is 0.629. The molecule has 3 aromatic carbocycles. The zero-order valence-corrected chi connectivity index (χ0v) is 16.2. The minimum atomic E-state index is -3.83. The highest BCUT2D eigenvalue weighted by molar-refractivity contribution is 7.93. The molecule has 0 unspecified atom stereocenters. The molecule has 0 bridgehead atoms. The largest absolute Gasteiger partial charge is 0.280 e. The molecule has 0 spiro atoms. The van der Waals surface area contributed by atoms with Crippen LogP contribution < -0.4 is 9.44 Å². The Morgan fingerprint density at radius 1 is 0.593 bits per heavy atom. The second-order valence-corrected chi connectivity index (χ2v) is 9.37. The van der Waals surface area contributed by atoms with Crippen LogP contribution in [0.1, 0.15) is 0 Å². The Kier molecular flexibility index (Phi) is 5.41. The van der Waals surface area contributed by atoms with Crippen LogP contribution in [0.4, 0.5) is 11.4 Å². The third-order valence-corrected chi connectivity index (χ3v) is 6.52. The minimum absolute atomic E-state index is 0.0800. The molecule has 0 saturated carbocycles. The van der Waals surface area contributed by atoms with E-state index in [4.69, 9.17) is 11.6 Å². The lowest BCUT2D eigenvalue weighted by Gasteiger charge is -2.12. The van der Waals surface area contributed by atoms with Crippen LogP contribution in [0.2, 0.25) is 5.02 Å². The zero-order chi connectivity index (χ0) is 19.5. The average Bonchev–Trinajstić information content (AvgIpc) is 2.62. The van der Waals surface area contributed by atoms with Crippen LogP contribution in [0.5, 0.6) is 0 Å². The molecule has 0 radical (unpaired) electrons. The van der Waals surface area contributed by atoms with Crippen LogP contribution in [0, 0.1) is 0 Å². The maximum Gasteiger partial charge on any atom is 0.261 e. The van der Waals surface area contributed by atoms with Gasteiger partial charge in [0.1, 0.15) is 0 Å². The van der Waals surface area contributed by atoms with Crippen molar-refractivity contribution in [2.75, 3.05) is 9.44 Å². The zero-order valence-electron chi connectivity index (χ0n) is 13.8. The van der Waals surface area contributed by atoms with Gasteiger partial charge in [0.05, 0.1) is 21.2 Å². The normalized spacial score (nSPS) is 11.7. The van der Waals surface area contributed by atoms with Crippen LogP contribution >= 0.6 is 11.6 Å². The Hall–Kier alpha value is -2.55. The van der Waals surface area contributed by atoms with E-state index < -0.39 is 20.0 Å². The van der Waals surface area contributed by atoms with Crippen molar-refractivity contribution in [1.82, 2.24) is 0 Å². The molecular formula is C18H15ClN2O4S2. The van der Waals surface area contributed by atoms with Gasteiger partial charge < -0.3 is 0 Å². The summed E-state index contributed by atoms with van der Waals surface area (Å²) >= 11 is 6.03. The topological polar surface area (TPSA) is 92.3 Å². The van der Waals surface area contributed by atoms with Gasteiger partial charge in [0, 0.05) is 5.02 Å². The van der Waals surface area contributed by atoms with Crippen LogP contribution in [-0.4, -0.2) is 16.8 Å². The van der Waals surface area contributed by atoms with E-state index in [9.17, 15) is 16.8 Å². The first-order valence-corrected chi connectivity index (χ1v) is 11.1. The summed E-state index contributed by atoms with van der Waals surface area (Å²) in [5, 5.41) is 0.175. The van der Waals surface area contributed by atoms with Gasteiger partial charge in [-0.25, -0.2) is 16.8 Å². The maximum absolute atomic E-state index is 12.4. The molecule has 0 aliphatic carbocycles. The summed E-state index contributed by atoms with van der Waals surface area (Å²) in [6.07, 6.45) is 0. The van der Waals surface area contributed by atoms with E-state index in [0.717, 1.165) is 0 Å². The Labute approximate surface area is 162 Å². The number of anilines is 2. The summed E-state index contributed by atoms with van der Waals surface area (Å²) in [6.45, 7) is 0. The first kappa shape index (κ1) is 19.2.